The second kappa shape index (κ2) is 5.38. The molecule has 1 saturated heterocycles. The standard InChI is InChI=1S/C13H24N2O2/c1-13(2,15-6-9-16-10-7-15)12(14)11-5-3-4-8-17-11/h5,12H,3-4,6-10,14H2,1-2H3. The van der Waals surface area contributed by atoms with E-state index in [2.05, 4.69) is 24.8 Å². The van der Waals surface area contributed by atoms with Gasteiger partial charge in [0.2, 0.25) is 0 Å². The molecule has 4 heteroatoms. The molecular weight excluding hydrogens is 216 g/mol. The van der Waals surface area contributed by atoms with Crippen molar-refractivity contribution in [2.45, 2.75) is 38.3 Å². The zero-order valence-electron chi connectivity index (χ0n) is 10.9. The maximum Gasteiger partial charge on any atom is 0.111 e. The molecule has 2 aliphatic heterocycles. The second-order valence-corrected chi connectivity index (χ2v) is 5.33. The third-order valence-corrected chi connectivity index (χ3v) is 3.86. The summed E-state index contributed by atoms with van der Waals surface area (Å²) in [6.45, 7) is 8.70. The Labute approximate surface area is 104 Å². The molecule has 2 heterocycles. The van der Waals surface area contributed by atoms with Gasteiger partial charge in [0.25, 0.3) is 0 Å². The maximum absolute atomic E-state index is 6.38. The first-order chi connectivity index (χ1) is 8.12. The first kappa shape index (κ1) is 12.9. The summed E-state index contributed by atoms with van der Waals surface area (Å²) in [6.07, 6.45) is 4.34. The van der Waals surface area contributed by atoms with Crippen LogP contribution in [0.5, 0.6) is 0 Å². The van der Waals surface area contributed by atoms with Gasteiger partial charge in [0.15, 0.2) is 0 Å². The fourth-order valence-corrected chi connectivity index (χ4v) is 2.48. The minimum Gasteiger partial charge on any atom is -0.497 e. The van der Waals surface area contributed by atoms with Gasteiger partial charge in [-0.2, -0.15) is 0 Å². The molecule has 98 valence electrons. The highest BCUT2D eigenvalue weighted by Gasteiger charge is 2.37. The van der Waals surface area contributed by atoms with Crippen molar-refractivity contribution in [2.75, 3.05) is 32.9 Å². The van der Waals surface area contributed by atoms with E-state index < -0.39 is 0 Å². The highest BCUT2D eigenvalue weighted by atomic mass is 16.5. The van der Waals surface area contributed by atoms with Gasteiger partial charge in [-0.05, 0) is 32.8 Å². The minimum absolute atomic E-state index is 0.0547. The summed E-state index contributed by atoms with van der Waals surface area (Å²) in [6, 6.07) is -0.0547. The number of nitrogens with two attached hydrogens (primary N) is 1. The molecule has 0 aliphatic carbocycles. The van der Waals surface area contributed by atoms with Gasteiger partial charge >= 0.3 is 0 Å². The lowest BCUT2D eigenvalue weighted by atomic mass is 9.90. The Hall–Kier alpha value is -0.580. The van der Waals surface area contributed by atoms with E-state index in [1.165, 1.54) is 0 Å². The average molecular weight is 240 g/mol. The van der Waals surface area contributed by atoms with Gasteiger partial charge in [-0.1, -0.05) is 0 Å². The number of morpholine rings is 1. The van der Waals surface area contributed by atoms with Gasteiger partial charge in [0.1, 0.15) is 5.76 Å². The third-order valence-electron chi connectivity index (χ3n) is 3.86. The highest BCUT2D eigenvalue weighted by molar-refractivity contribution is 5.13. The summed E-state index contributed by atoms with van der Waals surface area (Å²) in [7, 11) is 0. The SMILES string of the molecule is CC(C)(C(N)C1=CCCCO1)N1CCOCC1. The number of nitrogens with zero attached hydrogens (tertiary/aromatic N) is 1. The Morgan fingerprint density at radius 2 is 2.00 bits per heavy atom. The van der Waals surface area contributed by atoms with Gasteiger partial charge in [-0.25, -0.2) is 0 Å². The van der Waals surface area contributed by atoms with E-state index in [0.29, 0.717) is 0 Å². The van der Waals surface area contributed by atoms with Gasteiger partial charge in [-0.15, -0.1) is 0 Å². The van der Waals surface area contributed by atoms with Crippen molar-refractivity contribution in [3.8, 4) is 0 Å². The van der Waals surface area contributed by atoms with Gasteiger partial charge in [-0.3, -0.25) is 4.90 Å². The molecule has 0 aromatic rings. The predicted molar refractivity (Wildman–Crippen MR) is 67.7 cm³/mol. The molecule has 4 nitrogen and oxygen atoms in total. The van der Waals surface area contributed by atoms with E-state index in [1.54, 1.807) is 0 Å². The van der Waals surface area contributed by atoms with Crippen molar-refractivity contribution in [2.24, 2.45) is 5.73 Å². The molecular formula is C13H24N2O2. The molecule has 0 aromatic carbocycles. The lowest BCUT2D eigenvalue weighted by Crippen LogP contribution is -2.60. The van der Waals surface area contributed by atoms with E-state index in [4.69, 9.17) is 15.2 Å². The summed E-state index contributed by atoms with van der Waals surface area (Å²) in [4.78, 5) is 2.40. The second-order valence-electron chi connectivity index (χ2n) is 5.33. The molecule has 2 aliphatic rings. The largest absolute Gasteiger partial charge is 0.497 e. The first-order valence-electron chi connectivity index (χ1n) is 6.53. The van der Waals surface area contributed by atoms with E-state index in [1.807, 2.05) is 0 Å². The first-order valence-corrected chi connectivity index (χ1v) is 6.53. The van der Waals surface area contributed by atoms with Crippen LogP contribution in [0.2, 0.25) is 0 Å². The molecule has 1 atom stereocenters. The third kappa shape index (κ3) is 2.81. The summed E-state index contributed by atoms with van der Waals surface area (Å²) < 4.78 is 11.1. The highest BCUT2D eigenvalue weighted by Crippen LogP contribution is 2.26. The van der Waals surface area contributed by atoms with Crippen LogP contribution >= 0.6 is 0 Å². The average Bonchev–Trinajstić information content (AvgIpc) is 2.40. The van der Waals surface area contributed by atoms with Crippen LogP contribution in [0.15, 0.2) is 11.8 Å². The summed E-state index contributed by atoms with van der Waals surface area (Å²) >= 11 is 0. The van der Waals surface area contributed by atoms with Crippen LogP contribution in [0.3, 0.4) is 0 Å². The van der Waals surface area contributed by atoms with Crippen LogP contribution < -0.4 is 5.73 Å². The van der Waals surface area contributed by atoms with E-state index in [9.17, 15) is 0 Å². The molecule has 0 radical (unpaired) electrons. The van der Waals surface area contributed by atoms with Crippen molar-refractivity contribution in [3.63, 3.8) is 0 Å². The summed E-state index contributed by atoms with van der Waals surface area (Å²) in [5.74, 6) is 0.966. The van der Waals surface area contributed by atoms with Crippen LogP contribution in [0.1, 0.15) is 26.7 Å². The summed E-state index contributed by atoms with van der Waals surface area (Å²) in [5.41, 5.74) is 6.30. The molecule has 0 saturated carbocycles. The van der Waals surface area contributed by atoms with Gasteiger partial charge in [0.05, 0.1) is 25.9 Å². The molecule has 17 heavy (non-hydrogen) atoms. The monoisotopic (exact) mass is 240 g/mol. The van der Waals surface area contributed by atoms with E-state index in [-0.39, 0.29) is 11.6 Å². The molecule has 0 amide bonds. The minimum atomic E-state index is -0.0764. The van der Waals surface area contributed by atoms with Crippen LogP contribution in [0.4, 0.5) is 0 Å². The molecule has 2 rings (SSSR count). The van der Waals surface area contributed by atoms with Crippen LogP contribution in [-0.2, 0) is 9.47 Å². The van der Waals surface area contributed by atoms with Crippen molar-refractivity contribution in [3.05, 3.63) is 11.8 Å². The lowest BCUT2D eigenvalue weighted by molar-refractivity contribution is -0.0217. The molecule has 1 fully saturated rings. The molecule has 0 spiro atoms. The zero-order valence-corrected chi connectivity index (χ0v) is 10.9. The van der Waals surface area contributed by atoms with Crippen molar-refractivity contribution in [1.29, 1.82) is 0 Å². The Balaban J connectivity index is 2.04. The quantitative estimate of drug-likeness (QED) is 0.803. The lowest BCUT2D eigenvalue weighted by Gasteiger charge is -2.45. The Morgan fingerprint density at radius 1 is 1.29 bits per heavy atom. The van der Waals surface area contributed by atoms with E-state index >= 15 is 0 Å². The van der Waals surface area contributed by atoms with Crippen LogP contribution in [0, 0.1) is 0 Å². The number of ether oxygens (including phenoxy) is 2. The fourth-order valence-electron chi connectivity index (χ4n) is 2.48. The number of hydrogen-bond acceptors (Lipinski definition) is 4. The van der Waals surface area contributed by atoms with Crippen molar-refractivity contribution in [1.82, 2.24) is 4.90 Å². The Kier molecular flexibility index (Phi) is 4.07. The van der Waals surface area contributed by atoms with Crippen LogP contribution in [0.25, 0.3) is 0 Å². The normalized spacial score (nSPS) is 25.0. The topological polar surface area (TPSA) is 47.7 Å². The molecule has 0 aromatic heterocycles. The fraction of sp³-hybridized carbons (Fsp3) is 0.846. The van der Waals surface area contributed by atoms with Crippen molar-refractivity contribution >= 4 is 0 Å². The predicted octanol–water partition coefficient (Wildman–Crippen LogP) is 1.12. The van der Waals surface area contributed by atoms with Crippen LogP contribution in [-0.4, -0.2) is 49.4 Å². The smallest absolute Gasteiger partial charge is 0.111 e. The number of hydrogen-bond donors (Lipinski definition) is 1. The molecule has 1 unspecified atom stereocenters. The molecule has 0 bridgehead atoms. The number of rotatable bonds is 3. The number of allylic oxidation sites excluding steroid dienone is 1. The zero-order chi connectivity index (χ0) is 12.3. The van der Waals surface area contributed by atoms with Gasteiger partial charge < -0.3 is 15.2 Å². The Morgan fingerprint density at radius 3 is 2.59 bits per heavy atom. The van der Waals surface area contributed by atoms with E-state index in [0.717, 1.165) is 51.5 Å². The van der Waals surface area contributed by atoms with Gasteiger partial charge in [0, 0.05) is 18.6 Å². The molecule has 2 N–H and O–H groups in total. The van der Waals surface area contributed by atoms with Crippen molar-refractivity contribution < 1.29 is 9.47 Å². The summed E-state index contributed by atoms with van der Waals surface area (Å²) in [5, 5.41) is 0. The Bertz CT molecular complexity index is 283. The maximum atomic E-state index is 6.38.